The minimum Gasteiger partial charge on any atom is -0.326 e. The van der Waals surface area contributed by atoms with Gasteiger partial charge in [-0.25, -0.2) is 14.1 Å². The molecule has 0 aliphatic heterocycles. The fourth-order valence-corrected chi connectivity index (χ4v) is 3.46. The van der Waals surface area contributed by atoms with Crippen LogP contribution < -0.4 is 0 Å². The van der Waals surface area contributed by atoms with Crippen LogP contribution in [-0.2, 0) is 0 Å². The van der Waals surface area contributed by atoms with Crippen molar-refractivity contribution in [1.82, 2.24) is 19.7 Å². The van der Waals surface area contributed by atoms with Gasteiger partial charge in [-0.3, -0.25) is 4.79 Å². The number of halogens is 2. The molecule has 1 saturated carbocycles. The molecule has 1 aromatic heterocycles. The van der Waals surface area contributed by atoms with Crippen LogP contribution in [0.4, 0.5) is 4.39 Å². The Morgan fingerprint density at radius 3 is 2.43 bits per heavy atom. The van der Waals surface area contributed by atoms with Gasteiger partial charge in [0, 0.05) is 11.1 Å². The zero-order valence-corrected chi connectivity index (χ0v) is 16.4. The SMILES string of the molecule is Cc1nc(C(=O)N(C2CC2)C(C)c2ccc(Cl)cc2)nn1-c1ccc(F)cc1. The first-order valence-electron chi connectivity index (χ1n) is 9.22. The zero-order valence-electron chi connectivity index (χ0n) is 15.6. The molecule has 2 aromatic carbocycles. The highest BCUT2D eigenvalue weighted by Crippen LogP contribution is 2.35. The molecular weight excluding hydrogens is 379 g/mol. The molecule has 7 heteroatoms. The van der Waals surface area contributed by atoms with E-state index in [2.05, 4.69) is 10.1 Å². The Balaban J connectivity index is 1.64. The van der Waals surface area contributed by atoms with Gasteiger partial charge in [-0.05, 0) is 68.7 Å². The highest BCUT2D eigenvalue weighted by Gasteiger charge is 2.38. The standard InChI is InChI=1S/C21H20ClFN4O/c1-13(15-3-5-16(22)6-4-15)26(18-11-12-18)21(28)20-24-14(2)27(25-20)19-9-7-17(23)8-10-19/h3-10,13,18H,11-12H2,1-2H3. The van der Waals surface area contributed by atoms with E-state index in [0.29, 0.717) is 16.5 Å². The lowest BCUT2D eigenvalue weighted by atomic mass is 10.1. The molecule has 1 amide bonds. The monoisotopic (exact) mass is 398 g/mol. The Morgan fingerprint density at radius 1 is 1.18 bits per heavy atom. The average Bonchev–Trinajstić information content (AvgIpc) is 3.44. The first-order chi connectivity index (χ1) is 13.4. The molecule has 1 heterocycles. The molecule has 0 N–H and O–H groups in total. The molecule has 1 fully saturated rings. The first-order valence-corrected chi connectivity index (χ1v) is 9.59. The number of hydrogen-bond donors (Lipinski definition) is 0. The number of amides is 1. The Kier molecular flexibility index (Phi) is 4.89. The summed E-state index contributed by atoms with van der Waals surface area (Å²) in [5, 5.41) is 5.06. The van der Waals surface area contributed by atoms with Crippen LogP contribution >= 0.6 is 11.6 Å². The van der Waals surface area contributed by atoms with Crippen molar-refractivity contribution >= 4 is 17.5 Å². The minimum atomic E-state index is -0.325. The maximum atomic E-state index is 13.3. The Morgan fingerprint density at radius 2 is 1.82 bits per heavy atom. The number of hydrogen-bond acceptors (Lipinski definition) is 3. The third-order valence-electron chi connectivity index (χ3n) is 4.98. The summed E-state index contributed by atoms with van der Waals surface area (Å²) in [5.41, 5.74) is 1.67. The van der Waals surface area contributed by atoms with Gasteiger partial charge in [0.25, 0.3) is 5.91 Å². The summed E-state index contributed by atoms with van der Waals surface area (Å²) in [6.45, 7) is 3.78. The molecule has 144 valence electrons. The lowest BCUT2D eigenvalue weighted by molar-refractivity contribution is 0.0661. The summed E-state index contributed by atoms with van der Waals surface area (Å²) >= 11 is 5.99. The number of benzene rings is 2. The van der Waals surface area contributed by atoms with Gasteiger partial charge in [0.1, 0.15) is 11.6 Å². The number of aromatic nitrogens is 3. The predicted octanol–water partition coefficient (Wildman–Crippen LogP) is 4.73. The number of carbonyl (C=O) groups is 1. The summed E-state index contributed by atoms with van der Waals surface area (Å²) in [4.78, 5) is 19.5. The van der Waals surface area contributed by atoms with E-state index < -0.39 is 0 Å². The minimum absolute atomic E-state index is 0.115. The van der Waals surface area contributed by atoms with Gasteiger partial charge in [-0.1, -0.05) is 23.7 Å². The largest absolute Gasteiger partial charge is 0.326 e. The quantitative estimate of drug-likeness (QED) is 0.624. The Bertz CT molecular complexity index is 996. The lowest BCUT2D eigenvalue weighted by Gasteiger charge is -2.28. The predicted molar refractivity (Wildman–Crippen MR) is 105 cm³/mol. The molecule has 5 nitrogen and oxygen atoms in total. The summed E-state index contributed by atoms with van der Waals surface area (Å²) in [7, 11) is 0. The van der Waals surface area contributed by atoms with Crippen molar-refractivity contribution in [2.45, 2.75) is 38.8 Å². The van der Waals surface area contributed by atoms with Gasteiger partial charge >= 0.3 is 0 Å². The molecule has 1 aliphatic rings. The molecular formula is C21H20ClFN4O. The fourth-order valence-electron chi connectivity index (χ4n) is 3.34. The zero-order chi connectivity index (χ0) is 19.8. The maximum Gasteiger partial charge on any atom is 0.294 e. The number of nitrogens with zero attached hydrogens (tertiary/aromatic N) is 4. The molecule has 1 aliphatic carbocycles. The van der Waals surface area contributed by atoms with E-state index >= 15 is 0 Å². The van der Waals surface area contributed by atoms with Crippen LogP contribution in [0.2, 0.25) is 5.02 Å². The second-order valence-corrected chi connectivity index (χ2v) is 7.48. The summed E-state index contributed by atoms with van der Waals surface area (Å²) < 4.78 is 14.8. The van der Waals surface area contributed by atoms with Crippen molar-refractivity contribution < 1.29 is 9.18 Å². The van der Waals surface area contributed by atoms with Gasteiger partial charge in [-0.15, -0.1) is 5.10 Å². The smallest absolute Gasteiger partial charge is 0.294 e. The highest BCUT2D eigenvalue weighted by molar-refractivity contribution is 6.30. The molecule has 4 rings (SSSR count). The van der Waals surface area contributed by atoms with Crippen molar-refractivity contribution in [3.05, 3.63) is 76.6 Å². The van der Waals surface area contributed by atoms with E-state index in [1.165, 1.54) is 12.1 Å². The molecule has 0 saturated heterocycles. The van der Waals surface area contributed by atoms with Crippen molar-refractivity contribution in [2.24, 2.45) is 0 Å². The third-order valence-corrected chi connectivity index (χ3v) is 5.23. The Hall–Kier alpha value is -2.73. The Labute approximate surface area is 167 Å². The summed E-state index contributed by atoms with van der Waals surface area (Å²) in [6, 6.07) is 13.5. The van der Waals surface area contributed by atoms with E-state index in [0.717, 1.165) is 18.4 Å². The fraction of sp³-hybridized carbons (Fsp3) is 0.286. The van der Waals surface area contributed by atoms with Crippen molar-refractivity contribution in [2.75, 3.05) is 0 Å². The number of aryl methyl sites for hydroxylation is 1. The van der Waals surface area contributed by atoms with E-state index in [4.69, 9.17) is 11.6 Å². The normalized spacial score (nSPS) is 14.7. The van der Waals surface area contributed by atoms with E-state index in [1.54, 1.807) is 23.7 Å². The van der Waals surface area contributed by atoms with E-state index in [1.807, 2.05) is 36.1 Å². The van der Waals surface area contributed by atoms with E-state index in [-0.39, 0.29) is 29.6 Å². The van der Waals surface area contributed by atoms with Crippen LogP contribution in [0.25, 0.3) is 5.69 Å². The van der Waals surface area contributed by atoms with Crippen LogP contribution in [0.1, 0.15) is 47.8 Å². The summed E-state index contributed by atoms with van der Waals surface area (Å²) in [5.74, 6) is 0.197. The van der Waals surface area contributed by atoms with Gasteiger partial charge in [0.2, 0.25) is 5.82 Å². The molecule has 3 aromatic rings. The lowest BCUT2D eigenvalue weighted by Crippen LogP contribution is -2.36. The number of carbonyl (C=O) groups excluding carboxylic acids is 1. The highest BCUT2D eigenvalue weighted by atomic mass is 35.5. The second kappa shape index (κ2) is 7.36. The third kappa shape index (κ3) is 3.64. The molecule has 28 heavy (non-hydrogen) atoms. The average molecular weight is 399 g/mol. The molecule has 1 unspecified atom stereocenters. The maximum absolute atomic E-state index is 13.3. The van der Waals surface area contributed by atoms with Crippen LogP contribution in [-0.4, -0.2) is 31.6 Å². The van der Waals surface area contributed by atoms with Gasteiger partial charge in [0.05, 0.1) is 11.7 Å². The van der Waals surface area contributed by atoms with Crippen LogP contribution in [0.5, 0.6) is 0 Å². The van der Waals surface area contributed by atoms with Gasteiger partial charge in [-0.2, -0.15) is 0 Å². The summed E-state index contributed by atoms with van der Waals surface area (Å²) in [6.07, 6.45) is 1.95. The topological polar surface area (TPSA) is 51.0 Å². The molecule has 0 radical (unpaired) electrons. The van der Waals surface area contributed by atoms with Crippen molar-refractivity contribution in [3.8, 4) is 5.69 Å². The van der Waals surface area contributed by atoms with Crippen molar-refractivity contribution in [1.29, 1.82) is 0 Å². The van der Waals surface area contributed by atoms with Crippen LogP contribution in [0.3, 0.4) is 0 Å². The van der Waals surface area contributed by atoms with Crippen molar-refractivity contribution in [3.63, 3.8) is 0 Å². The van der Waals surface area contributed by atoms with Gasteiger partial charge in [0.15, 0.2) is 0 Å². The second-order valence-electron chi connectivity index (χ2n) is 7.04. The molecule has 1 atom stereocenters. The molecule has 0 spiro atoms. The van der Waals surface area contributed by atoms with Crippen LogP contribution in [0.15, 0.2) is 48.5 Å². The van der Waals surface area contributed by atoms with E-state index in [9.17, 15) is 9.18 Å². The number of rotatable bonds is 5. The van der Waals surface area contributed by atoms with Crippen LogP contribution in [0, 0.1) is 12.7 Å². The molecule has 0 bridgehead atoms. The first kappa shape index (κ1) is 18.6. The van der Waals surface area contributed by atoms with Gasteiger partial charge < -0.3 is 4.90 Å².